The van der Waals surface area contributed by atoms with Gasteiger partial charge in [0.2, 0.25) is 0 Å². The maximum Gasteiger partial charge on any atom is 0.252 e. The van der Waals surface area contributed by atoms with Crippen molar-refractivity contribution in [1.82, 2.24) is 0 Å². The Morgan fingerprint density at radius 3 is 2.86 bits per heavy atom. The number of hydrogen-bond donors (Lipinski definition) is 2. The average molecular weight is 191 g/mol. The molecule has 1 amide bonds. The molecule has 0 radical (unpaired) electrons. The molecule has 0 spiro atoms. The Bertz CT molecular complexity index is 513. The molecular weight excluding hydrogens is 182 g/mol. The van der Waals surface area contributed by atoms with Crippen molar-refractivity contribution in [1.29, 1.82) is 0 Å². The number of aromatic hydroxyl groups is 1. The molecule has 0 aliphatic carbocycles. The summed E-state index contributed by atoms with van der Waals surface area (Å²) < 4.78 is 5.15. The van der Waals surface area contributed by atoms with Crippen molar-refractivity contribution >= 4 is 16.9 Å². The smallest absolute Gasteiger partial charge is 0.252 e. The topological polar surface area (TPSA) is 76.5 Å². The Balaban J connectivity index is 2.86. The maximum absolute atomic E-state index is 10.9. The molecule has 0 aliphatic rings. The number of primary amides is 1. The molecule has 0 aliphatic heterocycles. The van der Waals surface area contributed by atoms with Gasteiger partial charge in [0.1, 0.15) is 11.3 Å². The van der Waals surface area contributed by atoms with Crippen LogP contribution in [0.3, 0.4) is 0 Å². The van der Waals surface area contributed by atoms with Gasteiger partial charge in [0.15, 0.2) is 0 Å². The molecule has 0 fully saturated rings. The minimum absolute atomic E-state index is 0.110. The molecule has 0 saturated heterocycles. The summed E-state index contributed by atoms with van der Waals surface area (Å²) in [4.78, 5) is 10.9. The van der Waals surface area contributed by atoms with Crippen molar-refractivity contribution in [2.75, 3.05) is 0 Å². The molecule has 0 unspecified atom stereocenters. The fraction of sp³-hybridized carbons (Fsp3) is 0.100. The van der Waals surface area contributed by atoms with E-state index in [-0.39, 0.29) is 11.3 Å². The summed E-state index contributed by atoms with van der Waals surface area (Å²) in [5.41, 5.74) is 6.53. The molecule has 0 atom stereocenters. The maximum atomic E-state index is 10.9. The summed E-state index contributed by atoms with van der Waals surface area (Å²) >= 11 is 0. The number of fused-ring (bicyclic) bond motifs is 1. The third-order valence-electron chi connectivity index (χ3n) is 2.16. The number of phenols is 1. The monoisotopic (exact) mass is 191 g/mol. The molecule has 4 heteroatoms. The standard InChI is InChI=1S/C10H9NO3/c1-5-4-14-7-3-2-6(10(11)13)9(12)8(5)7/h2-4,12H,1H3,(H2,11,13). The number of hydrogen-bond acceptors (Lipinski definition) is 3. The van der Waals surface area contributed by atoms with Crippen LogP contribution in [0.5, 0.6) is 5.75 Å². The SMILES string of the molecule is Cc1coc2ccc(C(N)=O)c(O)c12. The van der Waals surface area contributed by atoms with Crippen molar-refractivity contribution in [3.63, 3.8) is 0 Å². The molecule has 3 N–H and O–H groups in total. The molecular formula is C10H9NO3. The highest BCUT2D eigenvalue weighted by molar-refractivity contribution is 6.02. The van der Waals surface area contributed by atoms with Crippen LogP contribution in [-0.4, -0.2) is 11.0 Å². The first-order chi connectivity index (χ1) is 6.61. The van der Waals surface area contributed by atoms with Gasteiger partial charge in [-0.1, -0.05) is 0 Å². The molecule has 0 bridgehead atoms. The van der Waals surface area contributed by atoms with E-state index in [4.69, 9.17) is 10.2 Å². The van der Waals surface area contributed by atoms with Gasteiger partial charge >= 0.3 is 0 Å². The summed E-state index contributed by atoms with van der Waals surface area (Å²) in [6.45, 7) is 1.79. The largest absolute Gasteiger partial charge is 0.506 e. The number of amides is 1. The van der Waals surface area contributed by atoms with Crippen LogP contribution >= 0.6 is 0 Å². The van der Waals surface area contributed by atoms with Gasteiger partial charge in [-0.3, -0.25) is 4.79 Å². The van der Waals surface area contributed by atoms with Crippen molar-refractivity contribution in [2.45, 2.75) is 6.92 Å². The Morgan fingerprint density at radius 1 is 1.50 bits per heavy atom. The van der Waals surface area contributed by atoms with Crippen LogP contribution in [0.15, 0.2) is 22.8 Å². The lowest BCUT2D eigenvalue weighted by atomic mass is 10.1. The Hall–Kier alpha value is -1.97. The van der Waals surface area contributed by atoms with Crippen molar-refractivity contribution in [3.8, 4) is 5.75 Å². The molecule has 72 valence electrons. The van der Waals surface area contributed by atoms with Gasteiger partial charge in [-0.2, -0.15) is 0 Å². The summed E-state index contributed by atoms with van der Waals surface area (Å²) in [6.07, 6.45) is 1.52. The first-order valence-electron chi connectivity index (χ1n) is 4.11. The minimum Gasteiger partial charge on any atom is -0.506 e. The number of furan rings is 1. The number of nitrogens with two attached hydrogens (primary N) is 1. The third kappa shape index (κ3) is 1.04. The lowest BCUT2D eigenvalue weighted by Gasteiger charge is -2.00. The molecule has 2 aromatic rings. The van der Waals surface area contributed by atoms with E-state index in [1.165, 1.54) is 12.3 Å². The van der Waals surface area contributed by atoms with Gasteiger partial charge in [0.25, 0.3) is 5.91 Å². The fourth-order valence-corrected chi connectivity index (χ4v) is 1.46. The van der Waals surface area contributed by atoms with Crippen LogP contribution in [0, 0.1) is 6.92 Å². The zero-order chi connectivity index (χ0) is 10.3. The van der Waals surface area contributed by atoms with E-state index in [2.05, 4.69) is 0 Å². The zero-order valence-electron chi connectivity index (χ0n) is 7.57. The highest BCUT2D eigenvalue weighted by Gasteiger charge is 2.14. The van der Waals surface area contributed by atoms with Gasteiger partial charge in [-0.15, -0.1) is 0 Å². The Kier molecular flexibility index (Phi) is 1.70. The van der Waals surface area contributed by atoms with Gasteiger partial charge in [0, 0.05) is 0 Å². The predicted octanol–water partition coefficient (Wildman–Crippen LogP) is 1.55. The fourth-order valence-electron chi connectivity index (χ4n) is 1.46. The lowest BCUT2D eigenvalue weighted by Crippen LogP contribution is -2.10. The lowest BCUT2D eigenvalue weighted by molar-refractivity contribution is 0.0998. The van der Waals surface area contributed by atoms with Gasteiger partial charge in [-0.25, -0.2) is 0 Å². The molecule has 0 saturated carbocycles. The van der Waals surface area contributed by atoms with Gasteiger partial charge in [-0.05, 0) is 24.6 Å². The summed E-state index contributed by atoms with van der Waals surface area (Å²) in [5, 5.41) is 10.3. The van der Waals surface area contributed by atoms with E-state index >= 15 is 0 Å². The van der Waals surface area contributed by atoms with Crippen LogP contribution in [0.4, 0.5) is 0 Å². The van der Waals surface area contributed by atoms with Crippen LogP contribution < -0.4 is 5.73 Å². The summed E-state index contributed by atoms with van der Waals surface area (Å²) in [6, 6.07) is 3.06. The van der Waals surface area contributed by atoms with Crippen LogP contribution in [0.1, 0.15) is 15.9 Å². The van der Waals surface area contributed by atoms with Crippen molar-refractivity contribution in [2.24, 2.45) is 5.73 Å². The quantitative estimate of drug-likeness (QED) is 0.717. The Morgan fingerprint density at radius 2 is 2.21 bits per heavy atom. The van der Waals surface area contributed by atoms with E-state index in [0.717, 1.165) is 5.56 Å². The van der Waals surface area contributed by atoms with E-state index < -0.39 is 5.91 Å². The second kappa shape index (κ2) is 2.77. The minimum atomic E-state index is -0.648. The highest BCUT2D eigenvalue weighted by Crippen LogP contribution is 2.32. The van der Waals surface area contributed by atoms with Gasteiger partial charge < -0.3 is 15.3 Å². The number of aryl methyl sites for hydroxylation is 1. The number of carbonyl (C=O) groups is 1. The van der Waals surface area contributed by atoms with Crippen LogP contribution in [-0.2, 0) is 0 Å². The number of rotatable bonds is 1. The second-order valence-electron chi connectivity index (χ2n) is 3.12. The number of carbonyl (C=O) groups excluding carboxylic acids is 1. The van der Waals surface area contributed by atoms with Gasteiger partial charge in [0.05, 0.1) is 17.2 Å². The van der Waals surface area contributed by atoms with Crippen molar-refractivity contribution < 1.29 is 14.3 Å². The normalized spacial score (nSPS) is 10.6. The molecule has 1 aromatic carbocycles. The molecule has 2 rings (SSSR count). The first-order valence-corrected chi connectivity index (χ1v) is 4.11. The molecule has 1 aromatic heterocycles. The summed E-state index contributed by atoms with van der Waals surface area (Å²) in [5.74, 6) is -0.758. The number of benzene rings is 1. The molecule has 14 heavy (non-hydrogen) atoms. The van der Waals surface area contributed by atoms with Crippen LogP contribution in [0.2, 0.25) is 0 Å². The van der Waals surface area contributed by atoms with Crippen molar-refractivity contribution in [3.05, 3.63) is 29.5 Å². The zero-order valence-corrected chi connectivity index (χ0v) is 7.57. The molecule has 1 heterocycles. The predicted molar refractivity (Wildman–Crippen MR) is 51.1 cm³/mol. The second-order valence-corrected chi connectivity index (χ2v) is 3.12. The van der Waals surface area contributed by atoms with E-state index in [1.807, 2.05) is 0 Å². The Labute approximate surface area is 79.9 Å². The molecule has 4 nitrogen and oxygen atoms in total. The highest BCUT2D eigenvalue weighted by atomic mass is 16.3. The summed E-state index contributed by atoms with van der Waals surface area (Å²) in [7, 11) is 0. The third-order valence-corrected chi connectivity index (χ3v) is 2.16. The van der Waals surface area contributed by atoms with E-state index in [1.54, 1.807) is 13.0 Å². The van der Waals surface area contributed by atoms with E-state index in [0.29, 0.717) is 11.0 Å². The van der Waals surface area contributed by atoms with E-state index in [9.17, 15) is 9.90 Å². The average Bonchev–Trinajstić information content (AvgIpc) is 2.48. The first kappa shape index (κ1) is 8.62. The van der Waals surface area contributed by atoms with Crippen LogP contribution in [0.25, 0.3) is 11.0 Å².